The highest BCUT2D eigenvalue weighted by Crippen LogP contribution is 2.17. The Balaban J connectivity index is 2.71. The van der Waals surface area contributed by atoms with E-state index < -0.39 is 9.84 Å². The molecular formula is C5H12N2O2S. The van der Waals surface area contributed by atoms with E-state index in [2.05, 4.69) is 5.43 Å². The summed E-state index contributed by atoms with van der Waals surface area (Å²) in [7, 11) is -2.80. The highest BCUT2D eigenvalue weighted by Gasteiger charge is 2.33. The van der Waals surface area contributed by atoms with Gasteiger partial charge in [-0.05, 0) is 5.92 Å². The van der Waals surface area contributed by atoms with Crippen LogP contribution in [0.4, 0.5) is 0 Å². The molecule has 4 nitrogen and oxygen atoms in total. The van der Waals surface area contributed by atoms with E-state index in [-0.39, 0.29) is 23.5 Å². The molecule has 1 saturated heterocycles. The van der Waals surface area contributed by atoms with Gasteiger partial charge in [0.15, 0.2) is 9.84 Å². The molecule has 3 N–H and O–H groups in total. The van der Waals surface area contributed by atoms with Crippen molar-refractivity contribution < 1.29 is 8.42 Å². The van der Waals surface area contributed by atoms with Crippen molar-refractivity contribution in [3.05, 3.63) is 0 Å². The maximum atomic E-state index is 10.9. The Kier molecular flexibility index (Phi) is 1.98. The Morgan fingerprint density at radius 3 is 2.30 bits per heavy atom. The summed E-state index contributed by atoms with van der Waals surface area (Å²) in [4.78, 5) is 0. The number of hydrogen-bond donors (Lipinski definition) is 2. The first-order valence-corrected chi connectivity index (χ1v) is 5.04. The van der Waals surface area contributed by atoms with Gasteiger partial charge in [-0.3, -0.25) is 11.3 Å². The van der Waals surface area contributed by atoms with Gasteiger partial charge in [-0.15, -0.1) is 0 Å². The van der Waals surface area contributed by atoms with E-state index in [9.17, 15) is 8.42 Å². The molecule has 1 aliphatic rings. The molecule has 1 heterocycles. The van der Waals surface area contributed by atoms with Crippen LogP contribution in [0.15, 0.2) is 0 Å². The Bertz CT molecular complexity index is 212. The fourth-order valence-corrected chi connectivity index (χ4v) is 3.38. The molecule has 0 bridgehead atoms. The second-order valence-corrected chi connectivity index (χ2v) is 4.98. The number of hydrazine groups is 1. The number of sulfone groups is 1. The number of nitrogens with two attached hydrogens (primary N) is 1. The molecule has 0 radical (unpaired) electrons. The Morgan fingerprint density at radius 1 is 1.50 bits per heavy atom. The number of hydrogen-bond acceptors (Lipinski definition) is 4. The monoisotopic (exact) mass is 164 g/mol. The molecule has 0 aliphatic carbocycles. The van der Waals surface area contributed by atoms with Crippen LogP contribution < -0.4 is 11.3 Å². The zero-order chi connectivity index (χ0) is 7.78. The van der Waals surface area contributed by atoms with Crippen LogP contribution in [0.1, 0.15) is 6.92 Å². The quantitative estimate of drug-likeness (QED) is 0.380. The second kappa shape index (κ2) is 2.48. The van der Waals surface area contributed by atoms with Gasteiger partial charge >= 0.3 is 0 Å². The Hall–Kier alpha value is -0.130. The first-order chi connectivity index (χ1) is 4.55. The van der Waals surface area contributed by atoms with E-state index in [1.807, 2.05) is 6.92 Å². The highest BCUT2D eigenvalue weighted by atomic mass is 32.2. The van der Waals surface area contributed by atoms with Crippen molar-refractivity contribution in [1.29, 1.82) is 0 Å². The minimum Gasteiger partial charge on any atom is -0.271 e. The maximum Gasteiger partial charge on any atom is 0.152 e. The van der Waals surface area contributed by atoms with Crippen LogP contribution in [0.5, 0.6) is 0 Å². The van der Waals surface area contributed by atoms with Gasteiger partial charge in [0.2, 0.25) is 0 Å². The van der Waals surface area contributed by atoms with Crippen molar-refractivity contribution in [2.45, 2.75) is 13.0 Å². The summed E-state index contributed by atoms with van der Waals surface area (Å²) in [5.74, 6) is 5.73. The fourth-order valence-electron chi connectivity index (χ4n) is 1.23. The lowest BCUT2D eigenvalue weighted by molar-refractivity contribution is 0.466. The summed E-state index contributed by atoms with van der Waals surface area (Å²) < 4.78 is 21.8. The summed E-state index contributed by atoms with van der Waals surface area (Å²) >= 11 is 0. The number of rotatable bonds is 1. The third-order valence-corrected chi connectivity index (χ3v) is 3.75. The van der Waals surface area contributed by atoms with Crippen LogP contribution in [-0.4, -0.2) is 26.0 Å². The van der Waals surface area contributed by atoms with Crippen molar-refractivity contribution in [1.82, 2.24) is 5.43 Å². The summed E-state index contributed by atoms with van der Waals surface area (Å²) in [6.07, 6.45) is 0. The molecule has 0 unspecified atom stereocenters. The average molecular weight is 164 g/mol. The van der Waals surface area contributed by atoms with E-state index in [0.29, 0.717) is 0 Å². The molecule has 1 aliphatic heterocycles. The third-order valence-electron chi connectivity index (χ3n) is 1.85. The average Bonchev–Trinajstić information content (AvgIpc) is 2.05. The van der Waals surface area contributed by atoms with Gasteiger partial charge in [-0.2, -0.15) is 0 Å². The van der Waals surface area contributed by atoms with Gasteiger partial charge in [0.05, 0.1) is 11.5 Å². The molecule has 10 heavy (non-hydrogen) atoms. The van der Waals surface area contributed by atoms with Crippen molar-refractivity contribution in [2.24, 2.45) is 11.8 Å². The topological polar surface area (TPSA) is 72.2 Å². The van der Waals surface area contributed by atoms with Crippen molar-refractivity contribution in [2.75, 3.05) is 11.5 Å². The predicted octanol–water partition coefficient (Wildman–Crippen LogP) is -1.12. The van der Waals surface area contributed by atoms with Gasteiger partial charge in [0, 0.05) is 6.04 Å². The van der Waals surface area contributed by atoms with Crippen LogP contribution in [0.3, 0.4) is 0 Å². The maximum absolute atomic E-state index is 10.9. The van der Waals surface area contributed by atoms with E-state index in [1.54, 1.807) is 0 Å². The Labute approximate surface area is 60.7 Å². The minimum absolute atomic E-state index is 0.0509. The van der Waals surface area contributed by atoms with Crippen LogP contribution in [0, 0.1) is 5.92 Å². The third kappa shape index (κ3) is 1.47. The summed E-state index contributed by atoms with van der Waals surface area (Å²) in [6, 6.07) is -0.0509. The molecule has 0 aromatic rings. The molecule has 1 rings (SSSR count). The van der Waals surface area contributed by atoms with Gasteiger partial charge in [0.1, 0.15) is 0 Å². The summed E-state index contributed by atoms with van der Waals surface area (Å²) in [6.45, 7) is 1.88. The van der Waals surface area contributed by atoms with Gasteiger partial charge < -0.3 is 0 Å². The van der Waals surface area contributed by atoms with E-state index in [4.69, 9.17) is 5.84 Å². The normalized spacial score (nSPS) is 38.2. The highest BCUT2D eigenvalue weighted by molar-refractivity contribution is 7.91. The Morgan fingerprint density at radius 2 is 2.10 bits per heavy atom. The van der Waals surface area contributed by atoms with Crippen molar-refractivity contribution >= 4 is 9.84 Å². The molecular weight excluding hydrogens is 152 g/mol. The van der Waals surface area contributed by atoms with Crippen LogP contribution in [0.2, 0.25) is 0 Å². The van der Waals surface area contributed by atoms with Crippen LogP contribution in [0.25, 0.3) is 0 Å². The molecule has 1 fully saturated rings. The van der Waals surface area contributed by atoms with Gasteiger partial charge in [-0.25, -0.2) is 8.42 Å². The lowest BCUT2D eigenvalue weighted by Crippen LogP contribution is -2.39. The van der Waals surface area contributed by atoms with Crippen molar-refractivity contribution in [3.63, 3.8) is 0 Å². The minimum atomic E-state index is -2.80. The number of nitrogens with one attached hydrogen (secondary N) is 1. The van der Waals surface area contributed by atoms with E-state index >= 15 is 0 Å². The second-order valence-electron chi connectivity index (χ2n) is 2.83. The first kappa shape index (κ1) is 7.97. The molecule has 0 saturated carbocycles. The zero-order valence-corrected chi connectivity index (χ0v) is 6.69. The molecule has 60 valence electrons. The lowest BCUT2D eigenvalue weighted by Gasteiger charge is -2.09. The zero-order valence-electron chi connectivity index (χ0n) is 5.87. The molecule has 2 atom stereocenters. The molecule has 0 aromatic carbocycles. The van der Waals surface area contributed by atoms with Crippen molar-refractivity contribution in [3.8, 4) is 0 Å². The van der Waals surface area contributed by atoms with Gasteiger partial charge in [-0.1, -0.05) is 6.92 Å². The smallest absolute Gasteiger partial charge is 0.152 e. The first-order valence-electron chi connectivity index (χ1n) is 3.22. The van der Waals surface area contributed by atoms with Gasteiger partial charge in [0.25, 0.3) is 0 Å². The summed E-state index contributed by atoms with van der Waals surface area (Å²) in [5, 5.41) is 0. The van der Waals surface area contributed by atoms with Crippen LogP contribution in [-0.2, 0) is 9.84 Å². The molecule has 0 spiro atoms. The lowest BCUT2D eigenvalue weighted by atomic mass is 10.1. The predicted molar refractivity (Wildman–Crippen MR) is 38.9 cm³/mol. The van der Waals surface area contributed by atoms with Crippen LogP contribution >= 0.6 is 0 Å². The SMILES string of the molecule is C[C@@H]1CS(=O)(=O)C[C@@H]1NN. The summed E-state index contributed by atoms with van der Waals surface area (Å²) in [5.41, 5.74) is 2.49. The molecule has 0 amide bonds. The molecule has 0 aromatic heterocycles. The largest absolute Gasteiger partial charge is 0.271 e. The van der Waals surface area contributed by atoms with E-state index in [0.717, 1.165) is 0 Å². The molecule has 5 heteroatoms. The standard InChI is InChI=1S/C5H12N2O2S/c1-4-2-10(8,9)3-5(4)7-6/h4-5,7H,2-3,6H2,1H3/t4-,5+/m1/s1. The van der Waals surface area contributed by atoms with E-state index in [1.165, 1.54) is 0 Å². The fraction of sp³-hybridized carbons (Fsp3) is 1.00.